The summed E-state index contributed by atoms with van der Waals surface area (Å²) in [5.41, 5.74) is 0. The van der Waals surface area contributed by atoms with Crippen LogP contribution in [-0.2, 0) is 0 Å². The molecule has 0 atom stereocenters. The van der Waals surface area contributed by atoms with E-state index >= 15 is 0 Å². The van der Waals surface area contributed by atoms with Crippen LogP contribution < -0.4 is 0 Å². The van der Waals surface area contributed by atoms with Gasteiger partial charge in [0.1, 0.15) is 0 Å². The van der Waals surface area contributed by atoms with Crippen LogP contribution in [0.4, 0.5) is 0 Å². The van der Waals surface area contributed by atoms with Gasteiger partial charge in [-0.3, -0.25) is 0 Å². The van der Waals surface area contributed by atoms with E-state index in [2.05, 4.69) is 27.7 Å². The van der Waals surface area contributed by atoms with Crippen LogP contribution in [0, 0.1) is 5.41 Å². The van der Waals surface area contributed by atoms with Crippen molar-refractivity contribution in [3.05, 3.63) is 5.41 Å². The van der Waals surface area contributed by atoms with E-state index in [1.54, 1.807) is 0 Å². The van der Waals surface area contributed by atoms with Gasteiger partial charge in [-0.1, -0.05) is 0 Å². The minimum atomic E-state index is 1.00. The molecule has 0 rings (SSSR count). The lowest BCUT2D eigenvalue weighted by Crippen LogP contribution is -2.47. The second-order valence-corrected chi connectivity index (χ2v) is 2.72. The molecule has 3 heteroatoms. The molecule has 0 aliphatic heterocycles. The lowest BCUT2D eigenvalue weighted by molar-refractivity contribution is -0.921. The molecule has 0 aliphatic carbocycles. The van der Waals surface area contributed by atoms with Crippen molar-refractivity contribution in [2.24, 2.45) is 0 Å². The van der Waals surface area contributed by atoms with Crippen molar-refractivity contribution in [3.8, 4) is 0 Å². The molecule has 0 amide bonds. The zero-order chi connectivity index (χ0) is 10.0. The first kappa shape index (κ1) is 13.9. The Labute approximate surface area is 76.0 Å². The van der Waals surface area contributed by atoms with Crippen LogP contribution in [0.1, 0.15) is 27.7 Å². The van der Waals surface area contributed by atoms with Gasteiger partial charge >= 0.3 is 0 Å². The summed E-state index contributed by atoms with van der Waals surface area (Å²) in [6.45, 7) is 14.2. The van der Waals surface area contributed by atoms with Crippen molar-refractivity contribution in [1.82, 2.24) is 0 Å². The molecule has 72 valence electrons. The number of hydrogen-bond donors (Lipinski definition) is 1. The molecule has 0 radical (unpaired) electrons. The number of nitrogens with one attached hydrogen (secondary N) is 1. The van der Waals surface area contributed by atoms with Crippen LogP contribution in [0.5, 0.6) is 0 Å². The normalized spacial score (nSPS) is 9.67. The Bertz CT molecular complexity index is 104. The fourth-order valence-corrected chi connectivity index (χ4v) is 1.34. The molecule has 0 unspecified atom stereocenters. The zero-order valence-corrected chi connectivity index (χ0v) is 8.72. The Kier molecular flexibility index (Phi) is 9.77. The summed E-state index contributed by atoms with van der Waals surface area (Å²) >= 11 is 0. The molecule has 0 spiro atoms. The molecule has 0 heterocycles. The number of quaternary nitrogens is 1. The van der Waals surface area contributed by atoms with Crippen molar-refractivity contribution in [3.63, 3.8) is 0 Å². The van der Waals surface area contributed by atoms with E-state index < -0.39 is 0 Å². The molecule has 1 N–H and O–H groups in total. The van der Waals surface area contributed by atoms with E-state index in [1.165, 1.54) is 30.7 Å². The van der Waals surface area contributed by atoms with Crippen LogP contribution in [0.3, 0.4) is 0 Å². The Morgan fingerprint density at radius 3 is 1.17 bits per heavy atom. The highest BCUT2D eigenvalue weighted by molar-refractivity contribution is 5.39. The molecule has 0 aliphatic rings. The standard InChI is InChI=1S/C8H20N.CHN2/c1-5-9(6-2,7-3)8-4;2-1-3/h5-8H2,1-4H3;2H/q+1;-1. The molecular formula is C9H21N3. The lowest BCUT2D eigenvalue weighted by Gasteiger charge is -2.34. The van der Waals surface area contributed by atoms with Gasteiger partial charge in [-0.05, 0) is 27.7 Å². The summed E-state index contributed by atoms with van der Waals surface area (Å²) in [5.74, 6) is 0. The lowest BCUT2D eigenvalue weighted by atomic mass is 10.3. The summed E-state index contributed by atoms with van der Waals surface area (Å²) in [7, 11) is 0. The second kappa shape index (κ2) is 8.44. The smallest absolute Gasteiger partial charge is 0.0757 e. The summed E-state index contributed by atoms with van der Waals surface area (Å²) < 4.78 is 1.28. The largest absolute Gasteiger partial charge is 0.447 e. The molecule has 3 nitrogen and oxygen atoms in total. The van der Waals surface area contributed by atoms with Gasteiger partial charge in [0, 0.05) is 0 Å². The highest BCUT2D eigenvalue weighted by Gasteiger charge is 2.16. The van der Waals surface area contributed by atoms with Gasteiger partial charge < -0.3 is 15.3 Å². The first-order valence-corrected chi connectivity index (χ1v) is 4.57. The van der Waals surface area contributed by atoms with Crippen LogP contribution in [-0.4, -0.2) is 36.7 Å². The zero-order valence-electron chi connectivity index (χ0n) is 8.72. The van der Waals surface area contributed by atoms with Crippen LogP contribution in [0.25, 0.3) is 5.41 Å². The summed E-state index contributed by atoms with van der Waals surface area (Å²) in [6, 6.07) is 1.00. The molecule has 0 aromatic heterocycles. The predicted octanol–water partition coefficient (Wildman–Crippen LogP) is 2.19. The van der Waals surface area contributed by atoms with Gasteiger partial charge in [0.2, 0.25) is 0 Å². The SMILES string of the molecule is CC[N+](CC)(CC)CC.[N-]=C=N. The third kappa shape index (κ3) is 5.05. The second-order valence-electron chi connectivity index (χ2n) is 2.72. The molecule has 0 aromatic rings. The van der Waals surface area contributed by atoms with Gasteiger partial charge in [-0.2, -0.15) is 6.01 Å². The fourth-order valence-electron chi connectivity index (χ4n) is 1.34. The van der Waals surface area contributed by atoms with E-state index in [4.69, 9.17) is 10.8 Å². The van der Waals surface area contributed by atoms with Crippen molar-refractivity contribution >= 4 is 6.01 Å². The van der Waals surface area contributed by atoms with E-state index in [1.807, 2.05) is 0 Å². The molecule has 0 saturated heterocycles. The summed E-state index contributed by atoms with van der Waals surface area (Å²) in [4.78, 5) is 0. The minimum absolute atomic E-state index is 1.00. The third-order valence-corrected chi connectivity index (χ3v) is 2.68. The average molecular weight is 171 g/mol. The maximum Gasteiger partial charge on any atom is 0.0757 e. The Morgan fingerprint density at radius 1 is 1.00 bits per heavy atom. The first-order valence-electron chi connectivity index (χ1n) is 4.57. The molecule has 0 aromatic carbocycles. The fraction of sp³-hybridized carbons (Fsp3) is 0.889. The molecule has 0 saturated carbocycles. The molecule has 0 fully saturated rings. The number of nitrogens with zero attached hydrogens (tertiary/aromatic N) is 2. The Balaban J connectivity index is 0. The summed E-state index contributed by atoms with van der Waals surface area (Å²) in [5, 5.41) is 12.5. The van der Waals surface area contributed by atoms with Crippen LogP contribution in [0.2, 0.25) is 0 Å². The van der Waals surface area contributed by atoms with E-state index in [0.29, 0.717) is 0 Å². The van der Waals surface area contributed by atoms with Gasteiger partial charge in [-0.25, -0.2) is 0 Å². The maximum atomic E-state index is 6.99. The van der Waals surface area contributed by atoms with E-state index in [-0.39, 0.29) is 0 Å². The highest BCUT2D eigenvalue weighted by Crippen LogP contribution is 2.03. The molecule has 12 heavy (non-hydrogen) atoms. The number of rotatable bonds is 4. The maximum absolute atomic E-state index is 6.99. The van der Waals surface area contributed by atoms with Crippen molar-refractivity contribution in [2.45, 2.75) is 27.7 Å². The number of hydrogen-bond acceptors (Lipinski definition) is 1. The molecule has 0 bridgehead atoms. The van der Waals surface area contributed by atoms with Gasteiger partial charge in [0.25, 0.3) is 0 Å². The van der Waals surface area contributed by atoms with E-state index in [9.17, 15) is 0 Å². The highest BCUT2D eigenvalue weighted by atomic mass is 15.3. The third-order valence-electron chi connectivity index (χ3n) is 2.68. The van der Waals surface area contributed by atoms with Gasteiger partial charge in [0.05, 0.1) is 26.2 Å². The minimum Gasteiger partial charge on any atom is -0.447 e. The van der Waals surface area contributed by atoms with Crippen LogP contribution >= 0.6 is 0 Å². The Morgan fingerprint density at radius 2 is 1.17 bits per heavy atom. The van der Waals surface area contributed by atoms with Crippen molar-refractivity contribution < 1.29 is 4.48 Å². The van der Waals surface area contributed by atoms with E-state index in [0.717, 1.165) is 6.01 Å². The topological polar surface area (TPSA) is 46.2 Å². The van der Waals surface area contributed by atoms with Crippen molar-refractivity contribution in [1.29, 1.82) is 5.41 Å². The average Bonchev–Trinajstić information content (AvgIpc) is 2.11. The molecular weight excluding hydrogens is 150 g/mol. The van der Waals surface area contributed by atoms with Gasteiger partial charge in [0.15, 0.2) is 0 Å². The van der Waals surface area contributed by atoms with Gasteiger partial charge in [-0.15, -0.1) is 0 Å². The summed E-state index contributed by atoms with van der Waals surface area (Å²) in [6.07, 6.45) is 0. The quantitative estimate of drug-likeness (QED) is 0.498. The predicted molar refractivity (Wildman–Crippen MR) is 53.5 cm³/mol. The Hall–Kier alpha value is -0.660. The monoisotopic (exact) mass is 171 g/mol. The van der Waals surface area contributed by atoms with Crippen LogP contribution in [0.15, 0.2) is 0 Å². The first-order chi connectivity index (χ1) is 5.66. The van der Waals surface area contributed by atoms with Crippen molar-refractivity contribution in [2.75, 3.05) is 26.2 Å².